The Bertz CT molecular complexity index is 1510. The molecule has 35 heavy (non-hydrogen) atoms. The van der Waals surface area contributed by atoms with Crippen LogP contribution in [0.1, 0.15) is 23.5 Å². The van der Waals surface area contributed by atoms with E-state index in [0.717, 1.165) is 28.8 Å². The number of fused-ring (bicyclic) bond motifs is 3. The molecule has 2 aromatic carbocycles. The standard InChI is InChI=1S/C25H22ClN7O2/c1-35-15-3-5-20-17(7-15)25(12-28-20)8-18(25)13-2-4-16-21(6-13)31-32-22(16)29-23-19(26)9-27-24(30-23)33-10-14(34)11-33/h2-7,9,12,14,18,34H,8,10-11H2,1H3,(H2,27,29,30,31,32)/t18-,25-/m0/s1. The molecule has 1 spiro atoms. The highest BCUT2D eigenvalue weighted by Gasteiger charge is 2.58. The van der Waals surface area contributed by atoms with Gasteiger partial charge in [-0.2, -0.15) is 10.1 Å². The third kappa shape index (κ3) is 3.19. The van der Waals surface area contributed by atoms with Crippen LogP contribution in [0.5, 0.6) is 5.75 Å². The van der Waals surface area contributed by atoms with Crippen LogP contribution < -0.4 is 15.0 Å². The molecule has 2 atom stereocenters. The van der Waals surface area contributed by atoms with Gasteiger partial charge in [-0.05, 0) is 53.8 Å². The predicted molar refractivity (Wildman–Crippen MR) is 135 cm³/mol. The molecule has 4 heterocycles. The van der Waals surface area contributed by atoms with Gasteiger partial charge >= 0.3 is 0 Å². The van der Waals surface area contributed by atoms with Crippen molar-refractivity contribution in [2.75, 3.05) is 30.4 Å². The fourth-order valence-corrected chi connectivity index (χ4v) is 5.33. The van der Waals surface area contributed by atoms with Crippen molar-refractivity contribution in [3.8, 4) is 5.75 Å². The van der Waals surface area contributed by atoms with Crippen LogP contribution in [0, 0.1) is 0 Å². The van der Waals surface area contributed by atoms with Crippen molar-refractivity contribution in [3.05, 3.63) is 58.7 Å². The Labute approximate surface area is 205 Å². The summed E-state index contributed by atoms with van der Waals surface area (Å²) in [5.41, 5.74) is 4.38. The third-order valence-electron chi connectivity index (χ3n) is 7.25. The average Bonchev–Trinajstić information content (AvgIpc) is 3.29. The number of β-amino-alcohol motifs (C(OH)–C–C–N with tert-alkyl or cyclic N) is 1. The Hall–Kier alpha value is -3.69. The minimum atomic E-state index is -0.341. The topological polar surface area (TPSA) is 112 Å². The molecule has 0 bridgehead atoms. The van der Waals surface area contributed by atoms with Crippen LogP contribution in [0.25, 0.3) is 10.9 Å². The second kappa shape index (κ2) is 7.40. The second-order valence-corrected chi connectivity index (χ2v) is 9.77. The van der Waals surface area contributed by atoms with Crippen molar-refractivity contribution in [1.82, 2.24) is 20.2 Å². The molecule has 2 aromatic heterocycles. The average molecular weight is 488 g/mol. The minimum absolute atomic E-state index is 0.0615. The van der Waals surface area contributed by atoms with Gasteiger partial charge in [0, 0.05) is 30.1 Å². The van der Waals surface area contributed by atoms with Gasteiger partial charge in [0.1, 0.15) is 10.8 Å². The summed E-state index contributed by atoms with van der Waals surface area (Å²) in [7, 11) is 1.69. The summed E-state index contributed by atoms with van der Waals surface area (Å²) in [4.78, 5) is 15.4. The quantitative estimate of drug-likeness (QED) is 0.389. The fourth-order valence-electron chi connectivity index (χ4n) is 5.19. The van der Waals surface area contributed by atoms with Crippen LogP contribution in [0.15, 0.2) is 47.6 Å². The van der Waals surface area contributed by atoms with Gasteiger partial charge in [0.15, 0.2) is 11.6 Å². The summed E-state index contributed by atoms with van der Waals surface area (Å²) < 4.78 is 5.45. The molecule has 3 aliphatic rings. The number of aliphatic hydroxyl groups excluding tert-OH is 1. The highest BCUT2D eigenvalue weighted by atomic mass is 35.5. The predicted octanol–water partition coefficient (Wildman–Crippen LogP) is 4.08. The van der Waals surface area contributed by atoms with E-state index in [4.69, 9.17) is 16.3 Å². The molecular weight excluding hydrogens is 466 g/mol. The zero-order chi connectivity index (χ0) is 23.7. The zero-order valence-electron chi connectivity index (χ0n) is 18.9. The lowest BCUT2D eigenvalue weighted by molar-refractivity contribution is 0.140. The highest BCUT2D eigenvalue weighted by molar-refractivity contribution is 6.33. The van der Waals surface area contributed by atoms with Crippen LogP contribution in [0.2, 0.25) is 5.02 Å². The van der Waals surface area contributed by atoms with Crippen LogP contribution in [-0.2, 0) is 5.41 Å². The Morgan fingerprint density at radius 3 is 2.91 bits per heavy atom. The largest absolute Gasteiger partial charge is 0.497 e. The zero-order valence-corrected chi connectivity index (χ0v) is 19.6. The number of benzene rings is 2. The number of aliphatic imine (C=N–C) groups is 1. The summed E-state index contributed by atoms with van der Waals surface area (Å²) >= 11 is 6.35. The van der Waals surface area contributed by atoms with Gasteiger partial charge in [-0.3, -0.25) is 10.1 Å². The summed E-state index contributed by atoms with van der Waals surface area (Å²) in [6.45, 7) is 1.03. The Morgan fingerprint density at radius 1 is 1.20 bits per heavy atom. The SMILES string of the molecule is COc1ccc2c(c1)[C@@]1(C=N2)C[C@H]1c1ccc2c(Nc3nc(N4CC(O)C4)ncc3Cl)n[nH]c2c1. The molecule has 2 aliphatic heterocycles. The normalized spacial score (nSPS) is 22.5. The molecule has 0 amide bonds. The number of halogens is 1. The highest BCUT2D eigenvalue weighted by Crippen LogP contribution is 2.64. The molecule has 2 fully saturated rings. The molecule has 10 heteroatoms. The van der Waals surface area contributed by atoms with Gasteiger partial charge in [-0.1, -0.05) is 17.7 Å². The lowest BCUT2D eigenvalue weighted by atomic mass is 9.92. The van der Waals surface area contributed by atoms with Crippen LogP contribution >= 0.6 is 11.6 Å². The van der Waals surface area contributed by atoms with Gasteiger partial charge in [0.25, 0.3) is 0 Å². The van der Waals surface area contributed by atoms with E-state index in [1.807, 2.05) is 17.0 Å². The first-order chi connectivity index (χ1) is 17.0. The fraction of sp³-hybridized carbons (Fsp3) is 0.280. The molecule has 1 aliphatic carbocycles. The number of H-pyrrole nitrogens is 1. The maximum Gasteiger partial charge on any atom is 0.227 e. The molecule has 7 rings (SSSR count). The van der Waals surface area contributed by atoms with E-state index < -0.39 is 0 Å². The van der Waals surface area contributed by atoms with E-state index in [1.54, 1.807) is 13.3 Å². The van der Waals surface area contributed by atoms with Gasteiger partial charge in [0.2, 0.25) is 5.95 Å². The summed E-state index contributed by atoms with van der Waals surface area (Å²) in [6, 6.07) is 12.5. The van der Waals surface area contributed by atoms with Crippen LogP contribution in [0.3, 0.4) is 0 Å². The maximum atomic E-state index is 9.57. The molecule has 176 valence electrons. The van der Waals surface area contributed by atoms with Crippen molar-refractivity contribution < 1.29 is 9.84 Å². The Morgan fingerprint density at radius 2 is 2.09 bits per heavy atom. The molecule has 9 nitrogen and oxygen atoms in total. The molecule has 4 aromatic rings. The number of nitrogens with one attached hydrogen (secondary N) is 2. The number of hydrogen-bond donors (Lipinski definition) is 3. The lowest BCUT2D eigenvalue weighted by Crippen LogP contribution is -2.51. The van der Waals surface area contributed by atoms with Gasteiger partial charge in [-0.25, -0.2) is 4.98 Å². The van der Waals surface area contributed by atoms with Gasteiger partial charge < -0.3 is 20.1 Å². The Kier molecular flexibility index (Phi) is 4.37. The van der Waals surface area contributed by atoms with E-state index in [2.05, 4.69) is 61.0 Å². The van der Waals surface area contributed by atoms with Crippen molar-refractivity contribution >= 4 is 52.0 Å². The molecule has 1 saturated heterocycles. The first kappa shape index (κ1) is 20.7. The summed E-state index contributed by atoms with van der Waals surface area (Å²) in [6.07, 6.45) is 4.34. The number of rotatable bonds is 5. The summed E-state index contributed by atoms with van der Waals surface area (Å²) in [5, 5.41) is 21.8. The number of aromatic nitrogens is 4. The number of aliphatic hydroxyl groups is 1. The van der Waals surface area contributed by atoms with E-state index in [0.29, 0.717) is 41.6 Å². The van der Waals surface area contributed by atoms with E-state index in [-0.39, 0.29) is 11.5 Å². The van der Waals surface area contributed by atoms with Crippen molar-refractivity contribution in [3.63, 3.8) is 0 Å². The molecule has 3 N–H and O–H groups in total. The van der Waals surface area contributed by atoms with Crippen molar-refractivity contribution in [2.24, 2.45) is 4.99 Å². The number of methoxy groups -OCH3 is 1. The third-order valence-corrected chi connectivity index (χ3v) is 7.52. The number of aromatic amines is 1. The minimum Gasteiger partial charge on any atom is -0.497 e. The van der Waals surface area contributed by atoms with E-state index in [1.165, 1.54) is 11.1 Å². The number of ether oxygens (including phenoxy) is 1. The van der Waals surface area contributed by atoms with Crippen molar-refractivity contribution in [1.29, 1.82) is 0 Å². The van der Waals surface area contributed by atoms with E-state index >= 15 is 0 Å². The van der Waals surface area contributed by atoms with Gasteiger partial charge in [-0.15, -0.1) is 0 Å². The molecule has 0 radical (unpaired) electrons. The number of anilines is 3. The second-order valence-electron chi connectivity index (χ2n) is 9.37. The molecule has 0 unspecified atom stereocenters. The van der Waals surface area contributed by atoms with Crippen LogP contribution in [0.4, 0.5) is 23.3 Å². The first-order valence-electron chi connectivity index (χ1n) is 11.5. The summed E-state index contributed by atoms with van der Waals surface area (Å²) in [5.74, 6) is 2.86. The number of hydrogen-bond acceptors (Lipinski definition) is 8. The molecular formula is C25H22ClN7O2. The number of nitrogens with zero attached hydrogens (tertiary/aromatic N) is 5. The Balaban J connectivity index is 1.16. The first-order valence-corrected chi connectivity index (χ1v) is 11.9. The monoisotopic (exact) mass is 487 g/mol. The lowest BCUT2D eigenvalue weighted by Gasteiger charge is -2.35. The maximum absolute atomic E-state index is 9.57. The molecule has 1 saturated carbocycles. The van der Waals surface area contributed by atoms with E-state index in [9.17, 15) is 5.11 Å². The smallest absolute Gasteiger partial charge is 0.227 e. The van der Waals surface area contributed by atoms with Crippen molar-refractivity contribution in [2.45, 2.75) is 23.9 Å². The van der Waals surface area contributed by atoms with Crippen LogP contribution in [-0.4, -0.2) is 57.8 Å². The van der Waals surface area contributed by atoms with Gasteiger partial charge in [0.05, 0.1) is 30.6 Å².